The molecule has 1 amide bonds. The Morgan fingerprint density at radius 1 is 1.12 bits per heavy atom. The van der Waals surface area contributed by atoms with Crippen LogP contribution in [0.3, 0.4) is 0 Å². The van der Waals surface area contributed by atoms with Gasteiger partial charge < -0.3 is 14.6 Å². The van der Waals surface area contributed by atoms with Crippen LogP contribution in [0.1, 0.15) is 35.7 Å². The molecule has 2 aromatic rings. The Labute approximate surface area is 192 Å². The third kappa shape index (κ3) is 4.32. The molecule has 0 saturated carbocycles. The summed E-state index contributed by atoms with van der Waals surface area (Å²) in [6, 6.07) is 17.0. The highest BCUT2D eigenvalue weighted by Crippen LogP contribution is 2.25. The summed E-state index contributed by atoms with van der Waals surface area (Å²) in [5.41, 5.74) is 3.45. The summed E-state index contributed by atoms with van der Waals surface area (Å²) in [6.07, 6.45) is 6.53. The van der Waals surface area contributed by atoms with E-state index in [4.69, 9.17) is 4.74 Å². The predicted octanol–water partition coefficient (Wildman–Crippen LogP) is 4.13. The van der Waals surface area contributed by atoms with Crippen LogP contribution in [0.25, 0.3) is 16.9 Å². The van der Waals surface area contributed by atoms with Gasteiger partial charge in [0.1, 0.15) is 5.69 Å². The van der Waals surface area contributed by atoms with Gasteiger partial charge in [-0.25, -0.2) is 0 Å². The molecule has 7 heteroatoms. The zero-order chi connectivity index (χ0) is 22.8. The van der Waals surface area contributed by atoms with Gasteiger partial charge in [0.15, 0.2) is 0 Å². The average molecular weight is 443 g/mol. The monoisotopic (exact) mass is 442 g/mol. The summed E-state index contributed by atoms with van der Waals surface area (Å²) in [6.45, 7) is 3.41. The number of nitrogens with one attached hydrogen (secondary N) is 1. The van der Waals surface area contributed by atoms with Crippen LogP contribution in [0, 0.1) is 0 Å². The third-order valence-electron chi connectivity index (χ3n) is 6.03. The first kappa shape index (κ1) is 21.2. The summed E-state index contributed by atoms with van der Waals surface area (Å²) >= 11 is 0. The number of pyridine rings is 1. The summed E-state index contributed by atoms with van der Waals surface area (Å²) in [7, 11) is 0. The first-order valence-corrected chi connectivity index (χ1v) is 11.3. The third-order valence-corrected chi connectivity index (χ3v) is 6.03. The number of hydrogen-bond acceptors (Lipinski definition) is 4. The minimum Gasteiger partial charge on any atom is -0.376 e. The number of aryl methyl sites for hydroxylation is 1. The molecular formula is C26H26N4O3. The Bertz CT molecular complexity index is 1290. The first-order chi connectivity index (χ1) is 16.1. The van der Waals surface area contributed by atoms with Crippen molar-refractivity contribution in [3.63, 3.8) is 0 Å². The fraction of sp³-hybridized carbons (Fsp3) is 0.269. The van der Waals surface area contributed by atoms with Crippen LogP contribution in [-0.2, 0) is 17.7 Å². The fourth-order valence-electron chi connectivity index (χ4n) is 4.22. The molecule has 7 nitrogen and oxygen atoms in total. The van der Waals surface area contributed by atoms with Crippen LogP contribution < -0.4 is 10.9 Å². The van der Waals surface area contributed by atoms with E-state index < -0.39 is 0 Å². The van der Waals surface area contributed by atoms with Crippen LogP contribution >= 0.6 is 0 Å². The predicted molar refractivity (Wildman–Crippen MR) is 127 cm³/mol. The maximum absolute atomic E-state index is 13.3. The Kier molecular flexibility index (Phi) is 5.79. The van der Waals surface area contributed by atoms with Gasteiger partial charge in [-0.1, -0.05) is 37.3 Å². The van der Waals surface area contributed by atoms with Crippen molar-refractivity contribution in [3.05, 3.63) is 88.5 Å². The first-order valence-electron chi connectivity index (χ1n) is 11.3. The molecular weight excluding hydrogens is 416 g/mol. The largest absolute Gasteiger partial charge is 0.376 e. The molecule has 1 unspecified atom stereocenters. The molecule has 0 spiro atoms. The van der Waals surface area contributed by atoms with Gasteiger partial charge in [0, 0.05) is 31.2 Å². The van der Waals surface area contributed by atoms with Crippen molar-refractivity contribution in [2.75, 3.05) is 11.9 Å². The minimum absolute atomic E-state index is 0.0734. The molecule has 33 heavy (non-hydrogen) atoms. The second-order valence-corrected chi connectivity index (χ2v) is 8.32. The van der Waals surface area contributed by atoms with Crippen LogP contribution in [0.4, 0.5) is 5.69 Å². The van der Waals surface area contributed by atoms with Gasteiger partial charge in [-0.2, -0.15) is 9.78 Å². The molecule has 0 aliphatic carbocycles. The number of anilines is 1. The normalized spacial score (nSPS) is 15.7. The lowest BCUT2D eigenvalue weighted by molar-refractivity contribution is 0.0961. The van der Waals surface area contributed by atoms with Crippen LogP contribution in [0.15, 0.2) is 71.8 Å². The molecule has 168 valence electrons. The van der Waals surface area contributed by atoms with Crippen molar-refractivity contribution in [2.24, 2.45) is 0 Å². The summed E-state index contributed by atoms with van der Waals surface area (Å²) in [4.78, 5) is 26.6. The highest BCUT2D eigenvalue weighted by atomic mass is 16.5. The van der Waals surface area contributed by atoms with E-state index in [1.54, 1.807) is 12.4 Å². The van der Waals surface area contributed by atoms with E-state index in [9.17, 15) is 9.59 Å². The van der Waals surface area contributed by atoms with Crippen molar-refractivity contribution in [2.45, 2.75) is 38.8 Å². The highest BCUT2D eigenvalue weighted by molar-refractivity contribution is 6.08. The molecule has 1 N–H and O–H groups in total. The molecule has 0 radical (unpaired) electrons. The Morgan fingerprint density at radius 2 is 1.91 bits per heavy atom. The Balaban J connectivity index is 1.56. The summed E-state index contributed by atoms with van der Waals surface area (Å²) in [5.74, 6) is -0.302. The van der Waals surface area contributed by atoms with E-state index in [0.29, 0.717) is 34.7 Å². The highest BCUT2D eigenvalue weighted by Gasteiger charge is 2.26. The van der Waals surface area contributed by atoms with E-state index in [-0.39, 0.29) is 17.6 Å². The van der Waals surface area contributed by atoms with Gasteiger partial charge in [-0.05, 0) is 49.1 Å². The Morgan fingerprint density at radius 3 is 2.61 bits per heavy atom. The summed E-state index contributed by atoms with van der Waals surface area (Å²) in [5, 5.41) is 7.50. The second kappa shape index (κ2) is 9.03. The lowest BCUT2D eigenvalue weighted by Gasteiger charge is -2.16. The molecule has 3 aliphatic heterocycles. The number of rotatable bonds is 6. The second-order valence-electron chi connectivity index (χ2n) is 8.32. The standard InChI is InChI=1S/C26H26N4O3/c1-2-18-10-12-19(13-11-18)27-25(31)22-16-29(15-21-9-6-14-33-21)17-23-24(22)28-30(26(23)32)20-7-4-3-5-8-20/h3-5,7-8,10-13,16-17,21H,2,6,9,14-15H2,1H3,(H,27,31). The average Bonchev–Trinajstić information content (AvgIpc) is 3.48. The molecule has 5 rings (SSSR count). The van der Waals surface area contributed by atoms with Gasteiger partial charge in [-0.3, -0.25) is 9.59 Å². The number of carbonyl (C=O) groups is 1. The number of hydrogen-bond donors (Lipinski definition) is 1. The minimum atomic E-state index is -0.302. The van der Waals surface area contributed by atoms with Crippen LogP contribution in [-0.4, -0.2) is 33.0 Å². The topological polar surface area (TPSA) is 78.2 Å². The van der Waals surface area contributed by atoms with Gasteiger partial charge in [0.25, 0.3) is 11.5 Å². The smallest absolute Gasteiger partial charge is 0.282 e. The van der Waals surface area contributed by atoms with Crippen LogP contribution in [0.5, 0.6) is 0 Å². The molecule has 2 aromatic carbocycles. The number of fused-ring (bicyclic) bond motifs is 1. The fourth-order valence-corrected chi connectivity index (χ4v) is 4.22. The van der Waals surface area contributed by atoms with Crippen molar-refractivity contribution < 1.29 is 9.53 Å². The van der Waals surface area contributed by atoms with E-state index in [0.717, 1.165) is 25.9 Å². The van der Waals surface area contributed by atoms with Crippen LogP contribution in [0.2, 0.25) is 0 Å². The molecule has 1 fully saturated rings. The number of para-hydroxylation sites is 1. The quantitative estimate of drug-likeness (QED) is 0.487. The number of carbonyl (C=O) groups excluding carboxylic acids is 1. The molecule has 3 aliphatic rings. The van der Waals surface area contributed by atoms with Gasteiger partial charge >= 0.3 is 0 Å². The molecule has 3 heterocycles. The van der Waals surface area contributed by atoms with E-state index in [1.807, 2.05) is 59.2 Å². The lowest BCUT2D eigenvalue weighted by Crippen LogP contribution is -2.20. The summed E-state index contributed by atoms with van der Waals surface area (Å²) < 4.78 is 9.01. The SMILES string of the molecule is CCc1ccc(NC(=O)c2cn(CC3CCCO3)cc3c(=O)n(-c4ccccc4)nc2-3)cc1. The maximum Gasteiger partial charge on any atom is 0.282 e. The number of amides is 1. The van der Waals surface area contributed by atoms with Crippen molar-refractivity contribution in [3.8, 4) is 16.9 Å². The van der Waals surface area contributed by atoms with Crippen molar-refractivity contribution in [1.82, 2.24) is 14.3 Å². The van der Waals surface area contributed by atoms with Gasteiger partial charge in [-0.15, -0.1) is 0 Å². The number of ether oxygens (including phenoxy) is 1. The number of nitrogens with zero attached hydrogens (tertiary/aromatic N) is 3. The molecule has 1 atom stereocenters. The molecule has 0 aromatic heterocycles. The van der Waals surface area contributed by atoms with E-state index >= 15 is 0 Å². The number of benzene rings is 2. The zero-order valence-electron chi connectivity index (χ0n) is 18.5. The van der Waals surface area contributed by atoms with Gasteiger partial charge in [0.05, 0.1) is 22.9 Å². The maximum atomic E-state index is 13.3. The van der Waals surface area contributed by atoms with E-state index in [1.165, 1.54) is 10.2 Å². The number of aromatic nitrogens is 3. The molecule has 0 bridgehead atoms. The Hall–Kier alpha value is -3.71. The van der Waals surface area contributed by atoms with Crippen molar-refractivity contribution >= 4 is 11.6 Å². The molecule has 1 saturated heterocycles. The lowest BCUT2D eigenvalue weighted by atomic mass is 10.1. The van der Waals surface area contributed by atoms with Gasteiger partial charge in [0.2, 0.25) is 0 Å². The van der Waals surface area contributed by atoms with Crippen molar-refractivity contribution in [1.29, 1.82) is 0 Å². The zero-order valence-corrected chi connectivity index (χ0v) is 18.5. The van der Waals surface area contributed by atoms with E-state index in [2.05, 4.69) is 17.3 Å².